The topological polar surface area (TPSA) is 75.0 Å². The van der Waals surface area contributed by atoms with Crippen molar-refractivity contribution in [1.29, 1.82) is 5.26 Å². The molecule has 0 radical (unpaired) electrons. The summed E-state index contributed by atoms with van der Waals surface area (Å²) < 4.78 is 38.1. The molecule has 0 aromatic heterocycles. The maximum absolute atomic E-state index is 14.1. The van der Waals surface area contributed by atoms with Crippen LogP contribution in [0, 0.1) is 23.1 Å². The third-order valence-corrected chi connectivity index (χ3v) is 7.30. The fourth-order valence-corrected chi connectivity index (χ4v) is 5.92. The molecular weight excluding hydrogens is 293 g/mol. The van der Waals surface area contributed by atoms with Gasteiger partial charge in [-0.3, -0.25) is 4.79 Å². The van der Waals surface area contributed by atoms with E-state index in [9.17, 15) is 17.6 Å². The fourth-order valence-electron chi connectivity index (χ4n) is 3.45. The molecule has 0 saturated carbocycles. The SMILES string of the molecule is N#Cc1cccc(C(=O)C2CC3CCC(C2)S3(=O)=O)c1F. The Morgan fingerprint density at radius 3 is 2.43 bits per heavy atom. The van der Waals surface area contributed by atoms with Crippen molar-refractivity contribution in [1.82, 2.24) is 0 Å². The van der Waals surface area contributed by atoms with Gasteiger partial charge in [0.25, 0.3) is 0 Å². The minimum Gasteiger partial charge on any atom is -0.294 e. The quantitative estimate of drug-likeness (QED) is 0.785. The van der Waals surface area contributed by atoms with Crippen LogP contribution in [0.5, 0.6) is 0 Å². The van der Waals surface area contributed by atoms with Gasteiger partial charge < -0.3 is 0 Å². The number of benzene rings is 1. The third kappa shape index (κ3) is 2.16. The Balaban J connectivity index is 1.90. The average molecular weight is 307 g/mol. The highest BCUT2D eigenvalue weighted by molar-refractivity contribution is 7.93. The summed E-state index contributed by atoms with van der Waals surface area (Å²) in [5.41, 5.74) is -0.259. The van der Waals surface area contributed by atoms with Gasteiger partial charge in [-0.25, -0.2) is 12.8 Å². The maximum atomic E-state index is 14.1. The lowest BCUT2D eigenvalue weighted by molar-refractivity contribution is 0.0901. The Morgan fingerprint density at radius 1 is 1.24 bits per heavy atom. The van der Waals surface area contributed by atoms with Gasteiger partial charge in [0.15, 0.2) is 21.4 Å². The molecule has 0 amide bonds. The predicted octanol–water partition coefficient (Wildman–Crippen LogP) is 2.24. The van der Waals surface area contributed by atoms with Crippen LogP contribution in [-0.2, 0) is 9.84 Å². The second kappa shape index (κ2) is 4.92. The van der Waals surface area contributed by atoms with E-state index in [2.05, 4.69) is 0 Å². The van der Waals surface area contributed by atoms with Crippen molar-refractivity contribution in [2.45, 2.75) is 36.2 Å². The van der Waals surface area contributed by atoms with E-state index in [0.717, 1.165) is 0 Å². The second-order valence-electron chi connectivity index (χ2n) is 5.72. The first-order valence-electron chi connectivity index (χ1n) is 6.90. The summed E-state index contributed by atoms with van der Waals surface area (Å²) in [5.74, 6) is -1.64. The fraction of sp³-hybridized carbons (Fsp3) is 0.467. The van der Waals surface area contributed by atoms with Gasteiger partial charge in [-0.15, -0.1) is 0 Å². The first-order valence-corrected chi connectivity index (χ1v) is 8.51. The molecule has 2 aliphatic rings. The number of nitriles is 1. The summed E-state index contributed by atoms with van der Waals surface area (Å²) >= 11 is 0. The highest BCUT2D eigenvalue weighted by Crippen LogP contribution is 2.42. The molecule has 2 fully saturated rings. The van der Waals surface area contributed by atoms with E-state index in [0.29, 0.717) is 12.8 Å². The molecule has 110 valence electrons. The smallest absolute Gasteiger partial charge is 0.169 e. The third-order valence-electron chi connectivity index (χ3n) is 4.59. The van der Waals surface area contributed by atoms with Crippen LogP contribution in [0.25, 0.3) is 0 Å². The van der Waals surface area contributed by atoms with Crippen LogP contribution in [0.4, 0.5) is 4.39 Å². The van der Waals surface area contributed by atoms with Crippen LogP contribution in [0.15, 0.2) is 18.2 Å². The number of carbonyl (C=O) groups is 1. The first kappa shape index (κ1) is 14.2. The molecule has 2 saturated heterocycles. The molecule has 2 bridgehead atoms. The monoisotopic (exact) mass is 307 g/mol. The van der Waals surface area contributed by atoms with Gasteiger partial charge in [-0.05, 0) is 37.8 Å². The predicted molar refractivity (Wildman–Crippen MR) is 73.9 cm³/mol. The number of nitrogens with zero attached hydrogens (tertiary/aromatic N) is 1. The molecule has 6 heteroatoms. The van der Waals surface area contributed by atoms with Gasteiger partial charge in [0.2, 0.25) is 0 Å². The van der Waals surface area contributed by atoms with Gasteiger partial charge >= 0.3 is 0 Å². The number of hydrogen-bond acceptors (Lipinski definition) is 4. The number of sulfone groups is 1. The molecule has 2 unspecified atom stereocenters. The molecule has 2 aliphatic heterocycles. The molecule has 2 heterocycles. The van der Waals surface area contributed by atoms with Crippen molar-refractivity contribution in [3.63, 3.8) is 0 Å². The Labute approximate surface area is 122 Å². The molecule has 0 N–H and O–H groups in total. The molecule has 2 atom stereocenters. The average Bonchev–Trinajstić information content (AvgIpc) is 2.67. The highest BCUT2D eigenvalue weighted by atomic mass is 32.2. The highest BCUT2D eigenvalue weighted by Gasteiger charge is 2.48. The van der Waals surface area contributed by atoms with Crippen molar-refractivity contribution >= 4 is 15.6 Å². The molecular formula is C15H14FNO3S. The van der Waals surface area contributed by atoms with Crippen molar-refractivity contribution in [3.05, 3.63) is 35.1 Å². The lowest BCUT2D eigenvalue weighted by Crippen LogP contribution is -2.36. The number of halogens is 1. The van der Waals surface area contributed by atoms with Gasteiger partial charge in [-0.1, -0.05) is 6.07 Å². The van der Waals surface area contributed by atoms with Crippen molar-refractivity contribution in [3.8, 4) is 6.07 Å². The largest absolute Gasteiger partial charge is 0.294 e. The molecule has 0 aliphatic carbocycles. The van der Waals surface area contributed by atoms with Gasteiger partial charge in [-0.2, -0.15) is 5.26 Å². The summed E-state index contributed by atoms with van der Waals surface area (Å²) in [7, 11) is -3.10. The van der Waals surface area contributed by atoms with Crippen LogP contribution in [0.2, 0.25) is 0 Å². The number of Topliss-reactive ketones (excluding diaryl/α,β-unsaturated/α-hetero) is 1. The molecule has 1 aromatic rings. The Hall–Kier alpha value is -1.74. The van der Waals surface area contributed by atoms with Gasteiger partial charge in [0.05, 0.1) is 21.6 Å². The maximum Gasteiger partial charge on any atom is 0.169 e. The van der Waals surface area contributed by atoms with E-state index in [1.807, 2.05) is 0 Å². The molecule has 4 nitrogen and oxygen atoms in total. The van der Waals surface area contributed by atoms with Crippen LogP contribution < -0.4 is 0 Å². The zero-order chi connectivity index (χ0) is 15.2. The van der Waals surface area contributed by atoms with E-state index in [1.165, 1.54) is 18.2 Å². The van der Waals surface area contributed by atoms with Gasteiger partial charge in [0.1, 0.15) is 6.07 Å². The summed E-state index contributed by atoms with van der Waals surface area (Å²) in [6.45, 7) is 0. The number of fused-ring (bicyclic) bond motifs is 2. The van der Waals surface area contributed by atoms with Crippen molar-refractivity contribution in [2.24, 2.45) is 5.92 Å². The lowest BCUT2D eigenvalue weighted by atomic mass is 9.89. The van der Waals surface area contributed by atoms with Crippen LogP contribution in [0.3, 0.4) is 0 Å². The minimum atomic E-state index is -3.10. The molecule has 0 spiro atoms. The Bertz CT molecular complexity index is 731. The summed E-state index contributed by atoms with van der Waals surface area (Å²) in [4.78, 5) is 12.5. The van der Waals surface area contributed by atoms with Crippen LogP contribution in [0.1, 0.15) is 41.6 Å². The Kier molecular flexibility index (Phi) is 3.33. The molecule has 3 rings (SSSR count). The standard InChI is InChI=1S/C15H14FNO3S/c16-14-9(8-17)2-1-3-13(14)15(18)10-6-11-4-5-12(7-10)21(11,19)20/h1-3,10-12H,4-7H2. The number of carbonyl (C=O) groups excluding carboxylic acids is 1. The number of rotatable bonds is 2. The number of ketones is 1. The Morgan fingerprint density at radius 2 is 1.86 bits per heavy atom. The second-order valence-corrected chi connectivity index (χ2v) is 8.23. The van der Waals surface area contributed by atoms with E-state index < -0.39 is 32.1 Å². The van der Waals surface area contributed by atoms with E-state index in [1.54, 1.807) is 6.07 Å². The van der Waals surface area contributed by atoms with Gasteiger partial charge in [0, 0.05) is 5.92 Å². The van der Waals surface area contributed by atoms with Crippen molar-refractivity contribution < 1.29 is 17.6 Å². The van der Waals surface area contributed by atoms with Crippen LogP contribution >= 0.6 is 0 Å². The normalized spacial score (nSPS) is 29.8. The van der Waals surface area contributed by atoms with Crippen molar-refractivity contribution in [2.75, 3.05) is 0 Å². The zero-order valence-corrected chi connectivity index (χ0v) is 12.1. The number of hydrogen-bond donors (Lipinski definition) is 0. The van der Waals surface area contributed by atoms with Crippen LogP contribution in [-0.4, -0.2) is 24.7 Å². The van der Waals surface area contributed by atoms with E-state index in [4.69, 9.17) is 5.26 Å². The molecule has 21 heavy (non-hydrogen) atoms. The molecule has 1 aromatic carbocycles. The minimum absolute atomic E-state index is 0.0993. The van der Waals surface area contributed by atoms with E-state index in [-0.39, 0.29) is 29.8 Å². The summed E-state index contributed by atoms with van der Waals surface area (Å²) in [6.07, 6.45) is 1.73. The summed E-state index contributed by atoms with van der Waals surface area (Å²) in [5, 5.41) is 7.89. The van der Waals surface area contributed by atoms with E-state index >= 15 is 0 Å². The lowest BCUT2D eigenvalue weighted by Gasteiger charge is -2.27. The zero-order valence-electron chi connectivity index (χ0n) is 11.3. The first-order chi connectivity index (χ1) is 9.95. The summed E-state index contributed by atoms with van der Waals surface area (Å²) in [6, 6.07) is 5.87.